The summed E-state index contributed by atoms with van der Waals surface area (Å²) in [5.41, 5.74) is 4.16. The molecule has 4 rings (SSSR count). The van der Waals surface area contributed by atoms with Gasteiger partial charge in [-0.25, -0.2) is 9.97 Å². The van der Waals surface area contributed by atoms with E-state index >= 15 is 0 Å². The van der Waals surface area contributed by atoms with Crippen LogP contribution in [-0.4, -0.2) is 34.2 Å². The molecule has 168 valence electrons. The number of amides is 1. The van der Waals surface area contributed by atoms with E-state index < -0.39 is 6.10 Å². The largest absolute Gasteiger partial charge is 0.497 e. The van der Waals surface area contributed by atoms with Crippen LogP contribution in [0.3, 0.4) is 0 Å². The van der Waals surface area contributed by atoms with Crippen molar-refractivity contribution in [2.45, 2.75) is 26.5 Å². The number of carbonyl (C=O) groups is 1. The van der Waals surface area contributed by atoms with Gasteiger partial charge in [-0.15, -0.1) is 0 Å². The summed E-state index contributed by atoms with van der Waals surface area (Å²) in [4.78, 5) is 21.0. The molecule has 2 aromatic heterocycles. The van der Waals surface area contributed by atoms with Crippen molar-refractivity contribution < 1.29 is 18.8 Å². The standard InChI is InChI=1S/C25H24N4O4/c1-16-11-23(33-29-16)22-14-26-15-28-24(22)19-9-7-18(8-10-19)13-27-25(30)17(2)32-21-6-4-5-20(12-21)31-3/h4-12,14-15,17H,13H2,1-3H3,(H,27,30)/t17-/m0/s1. The Balaban J connectivity index is 1.39. The number of hydrogen-bond donors (Lipinski definition) is 1. The number of ether oxygens (including phenoxy) is 2. The topological polar surface area (TPSA) is 99.4 Å². The molecule has 0 aliphatic heterocycles. The van der Waals surface area contributed by atoms with E-state index in [1.54, 1.807) is 32.4 Å². The van der Waals surface area contributed by atoms with Gasteiger partial charge < -0.3 is 19.3 Å². The van der Waals surface area contributed by atoms with Gasteiger partial charge in [0.15, 0.2) is 11.9 Å². The van der Waals surface area contributed by atoms with E-state index in [1.807, 2.05) is 49.4 Å². The van der Waals surface area contributed by atoms with Crippen LogP contribution in [0.4, 0.5) is 0 Å². The van der Waals surface area contributed by atoms with Crippen LogP contribution >= 0.6 is 0 Å². The number of benzene rings is 2. The van der Waals surface area contributed by atoms with Crippen LogP contribution in [0, 0.1) is 6.92 Å². The predicted octanol–water partition coefficient (Wildman–Crippen LogP) is 4.20. The molecule has 0 saturated heterocycles. The Kier molecular flexibility index (Phi) is 6.64. The summed E-state index contributed by atoms with van der Waals surface area (Å²) in [6, 6.07) is 16.8. The Bertz CT molecular complexity index is 1240. The molecular weight excluding hydrogens is 420 g/mol. The van der Waals surface area contributed by atoms with Crippen molar-refractivity contribution in [1.82, 2.24) is 20.4 Å². The minimum atomic E-state index is -0.648. The summed E-state index contributed by atoms with van der Waals surface area (Å²) >= 11 is 0. The summed E-state index contributed by atoms with van der Waals surface area (Å²) in [6.45, 7) is 3.95. The first kappa shape index (κ1) is 22.0. The van der Waals surface area contributed by atoms with Crippen LogP contribution in [0.5, 0.6) is 11.5 Å². The van der Waals surface area contributed by atoms with E-state index in [9.17, 15) is 4.79 Å². The molecule has 0 radical (unpaired) electrons. The number of nitrogens with zero attached hydrogens (tertiary/aromatic N) is 3. The van der Waals surface area contributed by atoms with Gasteiger partial charge in [-0.1, -0.05) is 35.5 Å². The van der Waals surface area contributed by atoms with Crippen molar-refractivity contribution in [3.8, 4) is 34.1 Å². The Morgan fingerprint density at radius 2 is 1.91 bits per heavy atom. The second-order valence-corrected chi connectivity index (χ2v) is 7.47. The molecule has 2 aromatic carbocycles. The first-order valence-electron chi connectivity index (χ1n) is 10.4. The normalized spacial score (nSPS) is 11.6. The van der Waals surface area contributed by atoms with E-state index in [0.29, 0.717) is 23.8 Å². The van der Waals surface area contributed by atoms with E-state index in [1.165, 1.54) is 6.33 Å². The van der Waals surface area contributed by atoms with Crippen molar-refractivity contribution in [1.29, 1.82) is 0 Å². The molecule has 0 aliphatic rings. The first-order chi connectivity index (χ1) is 16.0. The third-order valence-corrected chi connectivity index (χ3v) is 5.02. The lowest BCUT2D eigenvalue weighted by Gasteiger charge is -2.15. The molecule has 0 spiro atoms. The molecule has 2 heterocycles. The van der Waals surface area contributed by atoms with Gasteiger partial charge in [-0.05, 0) is 31.5 Å². The lowest BCUT2D eigenvalue weighted by Crippen LogP contribution is -2.35. The zero-order valence-electron chi connectivity index (χ0n) is 18.6. The van der Waals surface area contributed by atoms with Crippen LogP contribution in [0.15, 0.2) is 71.6 Å². The van der Waals surface area contributed by atoms with Gasteiger partial charge in [0.05, 0.1) is 24.1 Å². The van der Waals surface area contributed by atoms with E-state index in [-0.39, 0.29) is 5.91 Å². The molecule has 8 heteroatoms. The fraction of sp³-hybridized carbons (Fsp3) is 0.200. The highest BCUT2D eigenvalue weighted by Gasteiger charge is 2.16. The Labute approximate surface area is 191 Å². The average Bonchev–Trinajstić information content (AvgIpc) is 3.29. The molecule has 0 fully saturated rings. The summed E-state index contributed by atoms with van der Waals surface area (Å²) in [7, 11) is 1.58. The molecule has 1 amide bonds. The molecule has 0 aliphatic carbocycles. The second kappa shape index (κ2) is 9.95. The summed E-state index contributed by atoms with van der Waals surface area (Å²) in [5.74, 6) is 1.65. The average molecular weight is 444 g/mol. The van der Waals surface area contributed by atoms with Crippen molar-refractivity contribution in [3.05, 3.63) is 78.4 Å². The van der Waals surface area contributed by atoms with Crippen LogP contribution < -0.4 is 14.8 Å². The highest BCUT2D eigenvalue weighted by Crippen LogP contribution is 2.30. The Hall–Kier alpha value is -4.20. The molecule has 0 bridgehead atoms. The first-order valence-corrected chi connectivity index (χ1v) is 10.4. The zero-order chi connectivity index (χ0) is 23.2. The van der Waals surface area contributed by atoms with E-state index in [2.05, 4.69) is 20.4 Å². The molecular formula is C25H24N4O4. The second-order valence-electron chi connectivity index (χ2n) is 7.47. The molecule has 1 N–H and O–H groups in total. The van der Waals surface area contributed by atoms with Crippen molar-refractivity contribution in [3.63, 3.8) is 0 Å². The van der Waals surface area contributed by atoms with Gasteiger partial charge in [-0.2, -0.15) is 0 Å². The number of methoxy groups -OCH3 is 1. The molecule has 8 nitrogen and oxygen atoms in total. The van der Waals surface area contributed by atoms with Gasteiger partial charge in [0, 0.05) is 30.4 Å². The van der Waals surface area contributed by atoms with Gasteiger partial charge >= 0.3 is 0 Å². The maximum absolute atomic E-state index is 12.5. The highest BCUT2D eigenvalue weighted by molar-refractivity contribution is 5.81. The summed E-state index contributed by atoms with van der Waals surface area (Å²) in [6.07, 6.45) is 2.56. The predicted molar refractivity (Wildman–Crippen MR) is 123 cm³/mol. The monoisotopic (exact) mass is 444 g/mol. The smallest absolute Gasteiger partial charge is 0.261 e. The fourth-order valence-electron chi connectivity index (χ4n) is 3.28. The summed E-state index contributed by atoms with van der Waals surface area (Å²) in [5, 5.41) is 6.85. The zero-order valence-corrected chi connectivity index (χ0v) is 18.6. The van der Waals surface area contributed by atoms with Crippen LogP contribution in [-0.2, 0) is 11.3 Å². The quantitative estimate of drug-likeness (QED) is 0.435. The number of aryl methyl sites for hydroxylation is 1. The maximum Gasteiger partial charge on any atom is 0.261 e. The van der Waals surface area contributed by atoms with Crippen molar-refractivity contribution in [2.24, 2.45) is 0 Å². The van der Waals surface area contributed by atoms with E-state index in [4.69, 9.17) is 14.0 Å². The third kappa shape index (κ3) is 5.35. The number of carbonyl (C=O) groups excluding carboxylic acids is 1. The maximum atomic E-state index is 12.5. The van der Waals surface area contributed by atoms with Crippen LogP contribution in [0.25, 0.3) is 22.6 Å². The van der Waals surface area contributed by atoms with Crippen molar-refractivity contribution >= 4 is 5.91 Å². The fourth-order valence-corrected chi connectivity index (χ4v) is 3.28. The molecule has 0 saturated carbocycles. The van der Waals surface area contributed by atoms with Crippen molar-refractivity contribution in [2.75, 3.05) is 7.11 Å². The highest BCUT2D eigenvalue weighted by atomic mass is 16.5. The number of hydrogen-bond acceptors (Lipinski definition) is 7. The lowest BCUT2D eigenvalue weighted by molar-refractivity contribution is -0.127. The van der Waals surface area contributed by atoms with Crippen LogP contribution in [0.2, 0.25) is 0 Å². The molecule has 1 atom stereocenters. The minimum absolute atomic E-state index is 0.208. The SMILES string of the molecule is COc1cccc(O[C@@H](C)C(=O)NCc2ccc(-c3ncncc3-c3cc(C)no3)cc2)c1. The number of nitrogens with one attached hydrogen (secondary N) is 1. The third-order valence-electron chi connectivity index (χ3n) is 5.02. The summed E-state index contributed by atoms with van der Waals surface area (Å²) < 4.78 is 16.3. The van der Waals surface area contributed by atoms with Gasteiger partial charge in [0.25, 0.3) is 5.91 Å². The minimum Gasteiger partial charge on any atom is -0.497 e. The van der Waals surface area contributed by atoms with E-state index in [0.717, 1.165) is 28.1 Å². The lowest BCUT2D eigenvalue weighted by atomic mass is 10.0. The van der Waals surface area contributed by atoms with Crippen LogP contribution in [0.1, 0.15) is 18.2 Å². The van der Waals surface area contributed by atoms with Gasteiger partial charge in [-0.3, -0.25) is 4.79 Å². The number of aromatic nitrogens is 3. The Morgan fingerprint density at radius 1 is 1.12 bits per heavy atom. The Morgan fingerprint density at radius 3 is 2.64 bits per heavy atom. The van der Waals surface area contributed by atoms with Gasteiger partial charge in [0.1, 0.15) is 17.8 Å². The molecule has 33 heavy (non-hydrogen) atoms. The molecule has 0 unspecified atom stereocenters. The van der Waals surface area contributed by atoms with Gasteiger partial charge in [0.2, 0.25) is 0 Å². The number of rotatable bonds is 8. The molecule has 4 aromatic rings.